The van der Waals surface area contributed by atoms with Crippen LogP contribution in [0.3, 0.4) is 0 Å². The van der Waals surface area contributed by atoms with E-state index in [1.54, 1.807) is 17.0 Å². The van der Waals surface area contributed by atoms with E-state index < -0.39 is 0 Å². The lowest BCUT2D eigenvalue weighted by atomic mass is 10.1. The molecule has 0 spiro atoms. The number of rotatable bonds is 3. The molecule has 2 amide bonds. The molecule has 1 aliphatic heterocycles. The van der Waals surface area contributed by atoms with Crippen LogP contribution in [0.2, 0.25) is 5.02 Å². The predicted molar refractivity (Wildman–Crippen MR) is 103 cm³/mol. The molecule has 3 rings (SSSR count). The van der Waals surface area contributed by atoms with Crippen LogP contribution in [0, 0.1) is 13.8 Å². The molecule has 2 heterocycles. The van der Waals surface area contributed by atoms with Crippen molar-refractivity contribution in [3.8, 4) is 0 Å². The van der Waals surface area contributed by atoms with E-state index in [0.29, 0.717) is 22.0 Å². The molecule has 1 aromatic carbocycles. The summed E-state index contributed by atoms with van der Waals surface area (Å²) in [6.45, 7) is 5.34. The summed E-state index contributed by atoms with van der Waals surface area (Å²) in [5.74, 6) is -0.433. The first-order valence-electron chi connectivity index (χ1n) is 8.79. The van der Waals surface area contributed by atoms with Gasteiger partial charge in [-0.25, -0.2) is 0 Å². The fraction of sp³-hybridized carbons (Fsp3) is 0.350. The quantitative estimate of drug-likeness (QED) is 0.878. The van der Waals surface area contributed by atoms with E-state index >= 15 is 0 Å². The van der Waals surface area contributed by atoms with Gasteiger partial charge in [-0.2, -0.15) is 0 Å². The van der Waals surface area contributed by atoms with E-state index in [1.165, 1.54) is 6.20 Å². The van der Waals surface area contributed by atoms with Crippen molar-refractivity contribution in [1.82, 2.24) is 9.88 Å². The molecule has 1 N–H and O–H groups in total. The maximum absolute atomic E-state index is 12.6. The van der Waals surface area contributed by atoms with Gasteiger partial charge < -0.3 is 10.2 Å². The largest absolute Gasteiger partial charge is 0.337 e. The smallest absolute Gasteiger partial charge is 0.272 e. The van der Waals surface area contributed by atoms with Gasteiger partial charge >= 0.3 is 0 Å². The van der Waals surface area contributed by atoms with Crippen molar-refractivity contribution in [3.05, 3.63) is 57.9 Å². The van der Waals surface area contributed by atoms with Gasteiger partial charge in [0.15, 0.2) is 0 Å². The van der Waals surface area contributed by atoms with E-state index in [1.807, 2.05) is 26.0 Å². The van der Waals surface area contributed by atoms with Crippen molar-refractivity contribution in [1.29, 1.82) is 0 Å². The number of aromatic nitrogens is 1. The zero-order chi connectivity index (χ0) is 18.7. The number of aryl methyl sites for hydroxylation is 2. The van der Waals surface area contributed by atoms with Crippen LogP contribution in [-0.4, -0.2) is 34.8 Å². The molecule has 0 radical (unpaired) electrons. The average Bonchev–Trinajstić information content (AvgIpc) is 2.64. The van der Waals surface area contributed by atoms with Gasteiger partial charge in [0.2, 0.25) is 0 Å². The van der Waals surface area contributed by atoms with Crippen LogP contribution in [-0.2, 0) is 0 Å². The van der Waals surface area contributed by atoms with Crippen LogP contribution in [0.15, 0.2) is 30.5 Å². The number of hydrogen-bond donors (Lipinski definition) is 1. The summed E-state index contributed by atoms with van der Waals surface area (Å²) in [6.07, 6.45) is 4.67. The Morgan fingerprint density at radius 3 is 2.54 bits per heavy atom. The molecule has 1 aliphatic rings. The van der Waals surface area contributed by atoms with Gasteiger partial charge in [0.05, 0.1) is 10.7 Å². The number of benzene rings is 1. The number of likely N-dealkylation sites (tertiary alicyclic amines) is 1. The normalized spacial score (nSPS) is 14.2. The molecular weight excluding hydrogens is 350 g/mol. The number of halogens is 1. The minimum Gasteiger partial charge on any atom is -0.337 e. The number of anilines is 1. The van der Waals surface area contributed by atoms with E-state index in [-0.39, 0.29) is 11.8 Å². The van der Waals surface area contributed by atoms with Gasteiger partial charge in [0, 0.05) is 24.8 Å². The Balaban J connectivity index is 1.79. The van der Waals surface area contributed by atoms with Gasteiger partial charge in [-0.05, 0) is 62.4 Å². The Hall–Kier alpha value is -2.40. The lowest BCUT2D eigenvalue weighted by Gasteiger charge is -2.26. The Labute approximate surface area is 158 Å². The molecular formula is C20H22ClN3O2. The second-order valence-corrected chi connectivity index (χ2v) is 7.08. The zero-order valence-corrected chi connectivity index (χ0v) is 15.8. The summed E-state index contributed by atoms with van der Waals surface area (Å²) in [5.41, 5.74) is 3.19. The highest BCUT2D eigenvalue weighted by molar-refractivity contribution is 6.34. The predicted octanol–water partition coefficient (Wildman–Crippen LogP) is 4.23. The van der Waals surface area contributed by atoms with Crippen molar-refractivity contribution in [2.24, 2.45) is 0 Å². The van der Waals surface area contributed by atoms with Crippen molar-refractivity contribution in [3.63, 3.8) is 0 Å². The molecule has 0 aliphatic carbocycles. The fourth-order valence-electron chi connectivity index (χ4n) is 3.21. The molecule has 1 saturated heterocycles. The lowest BCUT2D eigenvalue weighted by molar-refractivity contribution is 0.0718. The van der Waals surface area contributed by atoms with Gasteiger partial charge in [-0.1, -0.05) is 17.7 Å². The minimum atomic E-state index is -0.311. The van der Waals surface area contributed by atoms with Crippen molar-refractivity contribution < 1.29 is 9.59 Å². The molecule has 5 nitrogen and oxygen atoms in total. The van der Waals surface area contributed by atoms with Crippen LogP contribution >= 0.6 is 11.6 Å². The Morgan fingerprint density at radius 2 is 1.85 bits per heavy atom. The number of amides is 2. The lowest BCUT2D eigenvalue weighted by Crippen LogP contribution is -2.36. The Bertz CT molecular complexity index is 822. The van der Waals surface area contributed by atoms with Gasteiger partial charge in [0.1, 0.15) is 5.69 Å². The first-order valence-corrected chi connectivity index (χ1v) is 9.17. The fourth-order valence-corrected chi connectivity index (χ4v) is 3.58. The standard InChI is InChI=1S/C20H22ClN3O2/c1-13-10-14(2)18(16(21)11-13)23-19(25)15-6-7-22-17(12-15)20(26)24-8-4-3-5-9-24/h6-7,10-12H,3-5,8-9H2,1-2H3,(H,23,25). The number of nitrogens with zero attached hydrogens (tertiary/aromatic N) is 2. The van der Waals surface area contributed by atoms with Crippen LogP contribution in [0.25, 0.3) is 0 Å². The van der Waals surface area contributed by atoms with Gasteiger partial charge in [0.25, 0.3) is 11.8 Å². The van der Waals surface area contributed by atoms with E-state index in [4.69, 9.17) is 11.6 Å². The summed E-state index contributed by atoms with van der Waals surface area (Å²) in [6, 6.07) is 6.91. The summed E-state index contributed by atoms with van der Waals surface area (Å²) >= 11 is 6.26. The second kappa shape index (κ2) is 7.87. The van der Waals surface area contributed by atoms with Gasteiger partial charge in [-0.15, -0.1) is 0 Å². The molecule has 0 atom stereocenters. The average molecular weight is 372 g/mol. The molecule has 1 fully saturated rings. The molecule has 1 aromatic heterocycles. The summed E-state index contributed by atoms with van der Waals surface area (Å²) < 4.78 is 0. The number of carbonyl (C=O) groups is 2. The third-order valence-electron chi connectivity index (χ3n) is 4.55. The maximum atomic E-state index is 12.6. The highest BCUT2D eigenvalue weighted by Crippen LogP contribution is 2.27. The van der Waals surface area contributed by atoms with Gasteiger partial charge in [-0.3, -0.25) is 14.6 Å². The summed E-state index contributed by atoms with van der Waals surface area (Å²) in [5, 5.41) is 3.34. The number of piperidine rings is 1. The molecule has 26 heavy (non-hydrogen) atoms. The molecule has 0 bridgehead atoms. The van der Waals surface area contributed by atoms with Crippen LogP contribution in [0.1, 0.15) is 51.2 Å². The SMILES string of the molecule is Cc1cc(C)c(NC(=O)c2ccnc(C(=O)N3CCCCC3)c2)c(Cl)c1. The number of nitrogens with one attached hydrogen (secondary N) is 1. The van der Waals surface area contributed by atoms with E-state index in [9.17, 15) is 9.59 Å². The summed E-state index contributed by atoms with van der Waals surface area (Å²) in [7, 11) is 0. The highest BCUT2D eigenvalue weighted by atomic mass is 35.5. The zero-order valence-electron chi connectivity index (χ0n) is 15.0. The molecule has 136 valence electrons. The summed E-state index contributed by atoms with van der Waals surface area (Å²) in [4.78, 5) is 31.2. The number of carbonyl (C=O) groups excluding carboxylic acids is 2. The Morgan fingerprint density at radius 1 is 1.12 bits per heavy atom. The molecule has 0 unspecified atom stereocenters. The molecule has 0 saturated carbocycles. The monoisotopic (exact) mass is 371 g/mol. The first kappa shape index (κ1) is 18.4. The minimum absolute atomic E-state index is 0.121. The van der Waals surface area contributed by atoms with Crippen molar-refractivity contribution in [2.45, 2.75) is 33.1 Å². The molecule has 6 heteroatoms. The van der Waals surface area contributed by atoms with Crippen molar-refractivity contribution in [2.75, 3.05) is 18.4 Å². The number of hydrogen-bond acceptors (Lipinski definition) is 3. The molecule has 2 aromatic rings. The first-order chi connectivity index (χ1) is 12.5. The third kappa shape index (κ3) is 4.05. The number of pyridine rings is 1. The second-order valence-electron chi connectivity index (χ2n) is 6.68. The van der Waals surface area contributed by atoms with E-state index in [2.05, 4.69) is 10.3 Å². The highest BCUT2D eigenvalue weighted by Gasteiger charge is 2.20. The van der Waals surface area contributed by atoms with Crippen molar-refractivity contribution >= 4 is 29.1 Å². The van der Waals surface area contributed by atoms with Crippen LogP contribution < -0.4 is 5.32 Å². The van der Waals surface area contributed by atoms with Crippen LogP contribution in [0.4, 0.5) is 5.69 Å². The Kier molecular flexibility index (Phi) is 5.57. The third-order valence-corrected chi connectivity index (χ3v) is 4.85. The topological polar surface area (TPSA) is 62.3 Å². The van der Waals surface area contributed by atoms with E-state index in [0.717, 1.165) is 43.5 Å². The maximum Gasteiger partial charge on any atom is 0.272 e. The van der Waals surface area contributed by atoms with Crippen LogP contribution in [0.5, 0.6) is 0 Å².